The average Bonchev–Trinajstić information content (AvgIpc) is 2.07. The van der Waals surface area contributed by atoms with E-state index in [0.29, 0.717) is 5.75 Å². The van der Waals surface area contributed by atoms with Crippen molar-refractivity contribution in [3.8, 4) is 5.75 Å². The minimum atomic E-state index is 0.706. The van der Waals surface area contributed by atoms with Crippen molar-refractivity contribution in [1.82, 2.24) is 0 Å². The molecule has 58 valence electrons. The van der Waals surface area contributed by atoms with Crippen molar-refractivity contribution in [3.63, 3.8) is 0 Å². The van der Waals surface area contributed by atoms with Gasteiger partial charge in [-0.15, -0.1) is 11.8 Å². The molecule has 1 aromatic rings. The summed E-state index contributed by atoms with van der Waals surface area (Å²) in [5.74, 6) is 0.706. The third-order valence-corrected chi connectivity index (χ3v) is 2.00. The van der Waals surface area contributed by atoms with E-state index in [1.165, 1.54) is 4.90 Å². The molecular weight excluding hydrogens is 158 g/mol. The fourth-order valence-corrected chi connectivity index (χ4v) is 1.13. The second-order valence-corrected chi connectivity index (χ2v) is 2.79. The zero-order valence-electron chi connectivity index (χ0n) is 6.20. The lowest BCUT2D eigenvalue weighted by molar-refractivity contribution is 0.569. The van der Waals surface area contributed by atoms with Gasteiger partial charge in [0, 0.05) is 4.90 Å². The molecule has 0 saturated carbocycles. The van der Waals surface area contributed by atoms with Crippen LogP contribution in [0.5, 0.6) is 5.75 Å². The van der Waals surface area contributed by atoms with Crippen LogP contribution < -0.4 is 4.74 Å². The second kappa shape index (κ2) is 4.03. The summed E-state index contributed by atoms with van der Waals surface area (Å²) in [6.07, 6.45) is 2.95. The van der Waals surface area contributed by atoms with Gasteiger partial charge in [-0.25, -0.2) is 0 Å². The maximum atomic E-state index is 6.69. The van der Waals surface area contributed by atoms with Gasteiger partial charge < -0.3 is 4.74 Å². The first-order valence-corrected chi connectivity index (χ1v) is 4.39. The Hall–Kier alpha value is -0.960. The predicted octanol–water partition coefficient (Wildman–Crippen LogP) is 2.39. The van der Waals surface area contributed by atoms with Crippen LogP contribution in [0.3, 0.4) is 0 Å². The van der Waals surface area contributed by atoms with Gasteiger partial charge in [-0.3, -0.25) is 5.41 Å². The van der Waals surface area contributed by atoms with E-state index in [1.807, 2.05) is 30.5 Å². The van der Waals surface area contributed by atoms with Gasteiger partial charge in [0.15, 0.2) is 6.40 Å². The van der Waals surface area contributed by atoms with E-state index in [2.05, 4.69) is 0 Å². The van der Waals surface area contributed by atoms with Gasteiger partial charge in [0.25, 0.3) is 0 Å². The number of ether oxygens (including phenoxy) is 1. The summed E-state index contributed by atoms with van der Waals surface area (Å²) in [7, 11) is 0. The third-order valence-electron chi connectivity index (χ3n) is 1.25. The van der Waals surface area contributed by atoms with Gasteiger partial charge in [-0.1, -0.05) is 0 Å². The standard InChI is InChI=1S/C8H9NOS/c1-11-8-4-2-7(3-5-8)10-6-9/h2-6,9H,1H3. The van der Waals surface area contributed by atoms with Crippen LogP contribution in [0, 0.1) is 5.41 Å². The van der Waals surface area contributed by atoms with Gasteiger partial charge in [-0.2, -0.15) is 0 Å². The summed E-state index contributed by atoms with van der Waals surface area (Å²) in [4.78, 5) is 1.20. The molecule has 0 aliphatic rings. The number of thioether (sulfide) groups is 1. The summed E-state index contributed by atoms with van der Waals surface area (Å²) in [6, 6.07) is 7.61. The number of benzene rings is 1. The Morgan fingerprint density at radius 1 is 1.36 bits per heavy atom. The van der Waals surface area contributed by atoms with E-state index in [9.17, 15) is 0 Å². The molecule has 0 amide bonds. The highest BCUT2D eigenvalue weighted by Gasteiger charge is 1.90. The van der Waals surface area contributed by atoms with Crippen LogP contribution in [0.4, 0.5) is 0 Å². The molecule has 0 aliphatic heterocycles. The Morgan fingerprint density at radius 3 is 2.45 bits per heavy atom. The molecule has 0 spiro atoms. The molecule has 11 heavy (non-hydrogen) atoms. The van der Waals surface area contributed by atoms with Crippen molar-refractivity contribution >= 4 is 18.2 Å². The topological polar surface area (TPSA) is 33.1 Å². The Bertz CT molecular complexity index is 232. The molecule has 0 radical (unpaired) electrons. The van der Waals surface area contributed by atoms with Crippen LogP contribution in [0.2, 0.25) is 0 Å². The van der Waals surface area contributed by atoms with Gasteiger partial charge in [0.05, 0.1) is 0 Å². The molecule has 0 fully saturated rings. The average molecular weight is 167 g/mol. The molecule has 0 aromatic heterocycles. The highest BCUT2D eigenvalue weighted by molar-refractivity contribution is 7.98. The monoisotopic (exact) mass is 167 g/mol. The normalized spacial score (nSPS) is 9.18. The quantitative estimate of drug-likeness (QED) is 0.426. The molecule has 0 aliphatic carbocycles. The lowest BCUT2D eigenvalue weighted by atomic mass is 10.3. The predicted molar refractivity (Wildman–Crippen MR) is 47.6 cm³/mol. The van der Waals surface area contributed by atoms with E-state index in [1.54, 1.807) is 11.8 Å². The molecule has 0 saturated heterocycles. The summed E-state index contributed by atoms with van der Waals surface area (Å²) < 4.78 is 4.84. The molecule has 0 heterocycles. The van der Waals surface area contributed by atoms with Crippen molar-refractivity contribution < 1.29 is 4.74 Å². The minimum Gasteiger partial charge on any atom is -0.446 e. The van der Waals surface area contributed by atoms with E-state index < -0.39 is 0 Å². The van der Waals surface area contributed by atoms with Crippen molar-refractivity contribution in [2.45, 2.75) is 4.90 Å². The Morgan fingerprint density at radius 2 is 2.00 bits per heavy atom. The van der Waals surface area contributed by atoms with Crippen LogP contribution in [0.25, 0.3) is 0 Å². The Labute approximate surface area is 70.1 Å². The van der Waals surface area contributed by atoms with E-state index >= 15 is 0 Å². The van der Waals surface area contributed by atoms with Crippen LogP contribution >= 0.6 is 11.8 Å². The zero-order valence-corrected chi connectivity index (χ0v) is 7.02. The molecule has 0 unspecified atom stereocenters. The van der Waals surface area contributed by atoms with E-state index in [0.717, 1.165) is 6.40 Å². The first-order chi connectivity index (χ1) is 5.36. The van der Waals surface area contributed by atoms with Gasteiger partial charge in [0.2, 0.25) is 0 Å². The van der Waals surface area contributed by atoms with Crippen molar-refractivity contribution in [3.05, 3.63) is 24.3 Å². The molecule has 0 bridgehead atoms. The van der Waals surface area contributed by atoms with Crippen LogP contribution in [-0.2, 0) is 0 Å². The highest BCUT2D eigenvalue weighted by atomic mass is 32.2. The van der Waals surface area contributed by atoms with Crippen LogP contribution in [0.15, 0.2) is 29.2 Å². The molecular formula is C8H9NOS. The van der Waals surface area contributed by atoms with Gasteiger partial charge in [-0.05, 0) is 30.5 Å². The third kappa shape index (κ3) is 2.27. The number of nitrogens with one attached hydrogen (secondary N) is 1. The molecule has 1 aromatic carbocycles. The van der Waals surface area contributed by atoms with Crippen LogP contribution in [-0.4, -0.2) is 12.7 Å². The van der Waals surface area contributed by atoms with Crippen molar-refractivity contribution in [2.75, 3.05) is 6.26 Å². The second-order valence-electron chi connectivity index (χ2n) is 1.91. The lowest BCUT2D eigenvalue weighted by Crippen LogP contribution is -1.86. The number of hydrogen-bond acceptors (Lipinski definition) is 3. The smallest absolute Gasteiger partial charge is 0.173 e. The minimum absolute atomic E-state index is 0.706. The zero-order chi connectivity index (χ0) is 8.10. The van der Waals surface area contributed by atoms with Gasteiger partial charge >= 0.3 is 0 Å². The summed E-state index contributed by atoms with van der Waals surface area (Å²) in [5, 5.41) is 6.69. The largest absolute Gasteiger partial charge is 0.446 e. The first kappa shape index (κ1) is 8.14. The Balaban J connectivity index is 2.74. The van der Waals surface area contributed by atoms with E-state index in [4.69, 9.17) is 10.1 Å². The van der Waals surface area contributed by atoms with Crippen molar-refractivity contribution in [1.29, 1.82) is 5.41 Å². The summed E-state index contributed by atoms with van der Waals surface area (Å²) in [5.41, 5.74) is 0. The molecule has 1 rings (SSSR count). The SMILES string of the molecule is CSc1ccc(OC=N)cc1. The van der Waals surface area contributed by atoms with E-state index in [-0.39, 0.29) is 0 Å². The summed E-state index contributed by atoms with van der Waals surface area (Å²) >= 11 is 1.68. The van der Waals surface area contributed by atoms with Crippen LogP contribution in [0.1, 0.15) is 0 Å². The summed E-state index contributed by atoms with van der Waals surface area (Å²) in [6.45, 7) is 0. The fourth-order valence-electron chi connectivity index (χ4n) is 0.722. The molecule has 2 nitrogen and oxygen atoms in total. The molecule has 3 heteroatoms. The van der Waals surface area contributed by atoms with Gasteiger partial charge in [0.1, 0.15) is 5.75 Å². The lowest BCUT2D eigenvalue weighted by Gasteiger charge is -1.98. The molecule has 0 atom stereocenters. The van der Waals surface area contributed by atoms with Crippen molar-refractivity contribution in [2.24, 2.45) is 0 Å². The number of hydrogen-bond donors (Lipinski definition) is 1. The maximum absolute atomic E-state index is 6.69. The maximum Gasteiger partial charge on any atom is 0.173 e. The Kier molecular flexibility index (Phi) is 2.98. The first-order valence-electron chi connectivity index (χ1n) is 3.16. The fraction of sp³-hybridized carbons (Fsp3) is 0.125. The molecule has 1 N–H and O–H groups in total. The number of rotatable bonds is 3. The highest BCUT2D eigenvalue weighted by Crippen LogP contribution is 2.18.